The monoisotopic (exact) mass is 333 g/mol. The second-order valence-electron chi connectivity index (χ2n) is 4.55. The Morgan fingerprint density at radius 3 is 2.50 bits per heavy atom. The van der Waals surface area contributed by atoms with Gasteiger partial charge in [-0.05, 0) is 18.6 Å². The van der Waals surface area contributed by atoms with Gasteiger partial charge in [-0.15, -0.1) is 11.3 Å². The quantitative estimate of drug-likeness (QED) is 0.845. The lowest BCUT2D eigenvalue weighted by Gasteiger charge is -2.35. The number of rotatable bonds is 4. The van der Waals surface area contributed by atoms with Gasteiger partial charge < -0.3 is 0 Å². The molecule has 1 aliphatic heterocycles. The normalized spacial score (nSPS) is 19.6. The lowest BCUT2D eigenvalue weighted by atomic mass is 10.2. The summed E-state index contributed by atoms with van der Waals surface area (Å²) in [5.41, 5.74) is 0. The van der Waals surface area contributed by atoms with Gasteiger partial charge in [-0.2, -0.15) is 9.57 Å². The number of sulfonamides is 1. The van der Waals surface area contributed by atoms with Gasteiger partial charge in [0.15, 0.2) is 0 Å². The molecule has 0 aromatic carbocycles. The molecule has 1 aromatic heterocycles. The summed E-state index contributed by atoms with van der Waals surface area (Å²) in [5.74, 6) is 0. The van der Waals surface area contributed by atoms with E-state index >= 15 is 0 Å². The lowest BCUT2D eigenvalue weighted by molar-refractivity contribution is 0.159. The number of hydrogen-bond acceptors (Lipinski definition) is 5. The molecule has 1 saturated heterocycles. The van der Waals surface area contributed by atoms with E-state index in [4.69, 9.17) is 16.9 Å². The van der Waals surface area contributed by atoms with Crippen molar-refractivity contribution in [2.24, 2.45) is 0 Å². The van der Waals surface area contributed by atoms with E-state index < -0.39 is 10.0 Å². The van der Waals surface area contributed by atoms with Crippen LogP contribution in [0.15, 0.2) is 16.3 Å². The molecule has 0 N–H and O–H groups in total. The second kappa shape index (κ2) is 6.41. The van der Waals surface area contributed by atoms with Crippen LogP contribution in [0.1, 0.15) is 13.3 Å². The summed E-state index contributed by atoms with van der Waals surface area (Å²) in [4.78, 5) is 2.04. The minimum absolute atomic E-state index is 0.129. The Hall–Kier alpha value is -0.650. The summed E-state index contributed by atoms with van der Waals surface area (Å²) >= 11 is 6.87. The highest BCUT2D eigenvalue weighted by molar-refractivity contribution is 7.91. The maximum Gasteiger partial charge on any atom is 0.252 e. The average Bonchev–Trinajstić information content (AvgIpc) is 2.88. The Labute approximate surface area is 128 Å². The van der Waals surface area contributed by atoms with Crippen LogP contribution in [0.5, 0.6) is 0 Å². The Morgan fingerprint density at radius 2 is 2.05 bits per heavy atom. The zero-order chi connectivity index (χ0) is 14.8. The molecule has 20 heavy (non-hydrogen) atoms. The Balaban J connectivity index is 2.06. The summed E-state index contributed by atoms with van der Waals surface area (Å²) in [6.45, 7) is 3.96. The number of hydrogen-bond donors (Lipinski definition) is 0. The number of nitriles is 1. The van der Waals surface area contributed by atoms with Crippen LogP contribution < -0.4 is 0 Å². The third-order valence-corrected chi connectivity index (χ3v) is 6.99. The molecule has 5 nitrogen and oxygen atoms in total. The molecule has 1 aliphatic rings. The van der Waals surface area contributed by atoms with Crippen LogP contribution in [-0.4, -0.2) is 49.8 Å². The summed E-state index contributed by atoms with van der Waals surface area (Å²) in [7, 11) is -3.45. The van der Waals surface area contributed by atoms with Crippen molar-refractivity contribution in [1.29, 1.82) is 5.26 Å². The smallest absolute Gasteiger partial charge is 0.252 e. The molecule has 0 bridgehead atoms. The maximum atomic E-state index is 12.4. The molecular weight excluding hydrogens is 318 g/mol. The lowest BCUT2D eigenvalue weighted by Crippen LogP contribution is -2.51. The highest BCUT2D eigenvalue weighted by Crippen LogP contribution is 2.28. The van der Waals surface area contributed by atoms with Crippen LogP contribution in [0.25, 0.3) is 0 Å². The predicted octanol–water partition coefficient (Wildman–Crippen LogP) is 2.01. The van der Waals surface area contributed by atoms with Gasteiger partial charge >= 0.3 is 0 Å². The van der Waals surface area contributed by atoms with Crippen LogP contribution in [0.2, 0.25) is 4.34 Å². The number of nitrogens with zero attached hydrogens (tertiary/aromatic N) is 3. The highest BCUT2D eigenvalue weighted by Gasteiger charge is 2.31. The van der Waals surface area contributed by atoms with Crippen molar-refractivity contribution in [1.82, 2.24) is 9.21 Å². The molecule has 1 aromatic rings. The van der Waals surface area contributed by atoms with E-state index in [-0.39, 0.29) is 10.3 Å². The molecule has 0 radical (unpaired) electrons. The first-order valence-corrected chi connectivity index (χ1v) is 9.01. The Kier molecular flexibility index (Phi) is 5.04. The van der Waals surface area contributed by atoms with Crippen molar-refractivity contribution in [3.8, 4) is 6.07 Å². The molecule has 0 spiro atoms. The fraction of sp³-hybridized carbons (Fsp3) is 0.583. The topological polar surface area (TPSA) is 64.4 Å². The molecule has 0 saturated carbocycles. The first-order valence-electron chi connectivity index (χ1n) is 6.38. The van der Waals surface area contributed by atoms with Crippen LogP contribution in [0.3, 0.4) is 0 Å². The van der Waals surface area contributed by atoms with Crippen molar-refractivity contribution < 1.29 is 8.42 Å². The van der Waals surface area contributed by atoms with E-state index in [1.807, 2.05) is 11.8 Å². The predicted molar refractivity (Wildman–Crippen MR) is 79.4 cm³/mol. The molecule has 8 heteroatoms. The fourth-order valence-electron chi connectivity index (χ4n) is 2.25. The number of piperazine rings is 1. The number of thiophene rings is 1. The molecule has 2 rings (SSSR count). The molecule has 110 valence electrons. The van der Waals surface area contributed by atoms with Gasteiger partial charge in [0.25, 0.3) is 10.0 Å². The van der Waals surface area contributed by atoms with Gasteiger partial charge in [-0.1, -0.05) is 18.5 Å². The second-order valence-corrected chi connectivity index (χ2v) is 8.43. The molecule has 0 aliphatic carbocycles. The first kappa shape index (κ1) is 15.7. The summed E-state index contributed by atoms with van der Waals surface area (Å²) in [6.07, 6.45) is 0.754. The minimum Gasteiger partial charge on any atom is -0.285 e. The van der Waals surface area contributed by atoms with Crippen molar-refractivity contribution in [2.75, 3.05) is 26.2 Å². The summed E-state index contributed by atoms with van der Waals surface area (Å²) in [5, 5.41) is 9.05. The molecule has 1 unspecified atom stereocenters. The van der Waals surface area contributed by atoms with Gasteiger partial charge in [0.05, 0.1) is 16.4 Å². The Morgan fingerprint density at radius 1 is 1.40 bits per heavy atom. The molecule has 1 fully saturated rings. The average molecular weight is 334 g/mol. The Bertz CT molecular complexity index is 600. The van der Waals surface area contributed by atoms with Crippen molar-refractivity contribution in [2.45, 2.75) is 23.6 Å². The van der Waals surface area contributed by atoms with E-state index in [1.54, 1.807) is 12.1 Å². The van der Waals surface area contributed by atoms with Gasteiger partial charge in [0.2, 0.25) is 0 Å². The summed E-state index contributed by atoms with van der Waals surface area (Å²) < 4.78 is 27.0. The zero-order valence-corrected chi connectivity index (χ0v) is 13.5. The highest BCUT2D eigenvalue weighted by atomic mass is 35.5. The van der Waals surface area contributed by atoms with Gasteiger partial charge in [0.1, 0.15) is 4.21 Å². The van der Waals surface area contributed by atoms with Crippen LogP contribution in [0.4, 0.5) is 0 Å². The first-order chi connectivity index (χ1) is 9.48. The zero-order valence-electron chi connectivity index (χ0n) is 11.1. The third kappa shape index (κ3) is 3.15. The van der Waals surface area contributed by atoms with Gasteiger partial charge in [0, 0.05) is 26.2 Å². The molecule has 0 amide bonds. The van der Waals surface area contributed by atoms with Gasteiger partial charge in [-0.3, -0.25) is 4.90 Å². The van der Waals surface area contributed by atoms with Crippen molar-refractivity contribution >= 4 is 33.0 Å². The van der Waals surface area contributed by atoms with E-state index in [0.717, 1.165) is 17.8 Å². The largest absolute Gasteiger partial charge is 0.285 e. The van der Waals surface area contributed by atoms with E-state index in [2.05, 4.69) is 6.07 Å². The van der Waals surface area contributed by atoms with E-state index in [0.29, 0.717) is 30.5 Å². The van der Waals surface area contributed by atoms with Crippen LogP contribution in [0, 0.1) is 11.3 Å². The molecule has 1 atom stereocenters. The number of halogens is 1. The standard InChI is InChI=1S/C12H16ClN3O2S2/c1-2-10(9-14)15-5-7-16(8-6-15)20(17,18)12-4-3-11(13)19-12/h3-4,10H,2,5-8H2,1H3. The maximum absolute atomic E-state index is 12.4. The van der Waals surface area contributed by atoms with Crippen LogP contribution >= 0.6 is 22.9 Å². The van der Waals surface area contributed by atoms with Gasteiger partial charge in [-0.25, -0.2) is 8.42 Å². The molecular formula is C12H16ClN3O2S2. The van der Waals surface area contributed by atoms with Crippen molar-refractivity contribution in [3.05, 3.63) is 16.5 Å². The van der Waals surface area contributed by atoms with E-state index in [1.165, 1.54) is 4.31 Å². The fourth-order valence-corrected chi connectivity index (χ4v) is 5.31. The summed E-state index contributed by atoms with van der Waals surface area (Å²) in [6, 6.07) is 5.26. The SMILES string of the molecule is CCC(C#N)N1CCN(S(=O)(=O)c2ccc(Cl)s2)CC1. The van der Waals surface area contributed by atoms with Crippen LogP contribution in [-0.2, 0) is 10.0 Å². The third-order valence-electron chi connectivity index (χ3n) is 3.39. The minimum atomic E-state index is -3.45. The molecule has 2 heterocycles. The van der Waals surface area contributed by atoms with Crippen molar-refractivity contribution in [3.63, 3.8) is 0 Å². The van der Waals surface area contributed by atoms with E-state index in [9.17, 15) is 8.42 Å².